The van der Waals surface area contributed by atoms with E-state index in [0.29, 0.717) is 12.5 Å². The molecule has 0 spiro atoms. The Bertz CT molecular complexity index is 818. The third-order valence-corrected chi connectivity index (χ3v) is 3.98. The van der Waals surface area contributed by atoms with Crippen LogP contribution >= 0.6 is 0 Å². The van der Waals surface area contributed by atoms with Gasteiger partial charge in [0.25, 0.3) is 0 Å². The first-order valence-electron chi connectivity index (χ1n) is 8.65. The second-order valence-corrected chi connectivity index (χ2v) is 6.50. The van der Waals surface area contributed by atoms with Crippen molar-refractivity contribution in [2.45, 2.75) is 13.1 Å². The Kier molecular flexibility index (Phi) is 7.43. The van der Waals surface area contributed by atoms with E-state index in [2.05, 4.69) is 10.3 Å². The van der Waals surface area contributed by atoms with Crippen molar-refractivity contribution in [1.29, 1.82) is 0 Å². The van der Waals surface area contributed by atoms with Gasteiger partial charge in [-0.1, -0.05) is 30.3 Å². The molecule has 28 heavy (non-hydrogen) atoms. The van der Waals surface area contributed by atoms with Gasteiger partial charge >= 0.3 is 0 Å². The summed E-state index contributed by atoms with van der Waals surface area (Å²) in [6.07, 6.45) is 0. The summed E-state index contributed by atoms with van der Waals surface area (Å²) in [4.78, 5) is 19.4. The van der Waals surface area contributed by atoms with E-state index in [0.717, 1.165) is 17.7 Å². The highest BCUT2D eigenvalue weighted by Gasteiger charge is 2.14. The maximum atomic E-state index is 13.5. The fourth-order valence-electron chi connectivity index (χ4n) is 2.42. The largest absolute Gasteiger partial charge is 0.347 e. The van der Waals surface area contributed by atoms with Crippen molar-refractivity contribution >= 4 is 11.9 Å². The van der Waals surface area contributed by atoms with Crippen LogP contribution < -0.4 is 5.32 Å². The number of likely N-dealkylation sites (N-methyl/N-ethyl adjacent to an activating group) is 1. The lowest BCUT2D eigenvalue weighted by Gasteiger charge is -2.23. The summed E-state index contributed by atoms with van der Waals surface area (Å²) in [5.74, 6) is -3.77. The van der Waals surface area contributed by atoms with E-state index < -0.39 is 17.5 Å². The normalized spacial score (nSPS) is 11.3. The topological polar surface area (TPSA) is 47.9 Å². The smallest absolute Gasteiger partial charge is 0.241 e. The Labute approximate surface area is 162 Å². The number of carbonyl (C=O) groups is 1. The molecule has 1 N–H and O–H groups in total. The van der Waals surface area contributed by atoms with Gasteiger partial charge in [0.05, 0.1) is 13.1 Å². The van der Waals surface area contributed by atoms with Crippen molar-refractivity contribution in [2.24, 2.45) is 4.99 Å². The molecule has 0 aromatic heterocycles. The maximum absolute atomic E-state index is 13.5. The van der Waals surface area contributed by atoms with Crippen molar-refractivity contribution in [2.75, 3.05) is 27.7 Å². The highest BCUT2D eigenvalue weighted by atomic mass is 19.2. The lowest BCUT2D eigenvalue weighted by Crippen LogP contribution is -2.43. The number of nitrogens with one attached hydrogen (secondary N) is 1. The van der Waals surface area contributed by atoms with E-state index in [1.807, 2.05) is 30.3 Å². The van der Waals surface area contributed by atoms with Crippen molar-refractivity contribution in [3.8, 4) is 0 Å². The first-order valence-corrected chi connectivity index (χ1v) is 8.65. The van der Waals surface area contributed by atoms with E-state index in [4.69, 9.17) is 0 Å². The average molecular weight is 392 g/mol. The molecule has 150 valence electrons. The fourth-order valence-corrected chi connectivity index (χ4v) is 2.42. The first-order chi connectivity index (χ1) is 13.3. The van der Waals surface area contributed by atoms with Gasteiger partial charge in [-0.2, -0.15) is 0 Å². The number of aliphatic imine (C=N–C) groups is 1. The standard InChI is InChI=1S/C20H23F3N4O/c1-26(2)18(28)12-25-20(24-11-14-7-5-4-6-8-14)27(3)13-15-9-16(21)19(23)17(22)10-15/h4-10H,11-13H2,1-3H3,(H,24,25). The molecule has 8 heteroatoms. The van der Waals surface area contributed by atoms with Crippen LogP contribution in [0.25, 0.3) is 0 Å². The third-order valence-electron chi connectivity index (χ3n) is 3.98. The molecular formula is C20H23F3N4O. The molecule has 2 aromatic rings. The van der Waals surface area contributed by atoms with Gasteiger partial charge in [0.2, 0.25) is 5.91 Å². The summed E-state index contributed by atoms with van der Waals surface area (Å²) in [6, 6.07) is 11.4. The molecule has 0 saturated heterocycles. The van der Waals surface area contributed by atoms with Crippen LogP contribution in [0.5, 0.6) is 0 Å². The van der Waals surface area contributed by atoms with Gasteiger partial charge in [0, 0.05) is 27.7 Å². The maximum Gasteiger partial charge on any atom is 0.241 e. The second kappa shape index (κ2) is 9.77. The lowest BCUT2D eigenvalue weighted by atomic mass is 10.2. The Morgan fingerprint density at radius 3 is 2.18 bits per heavy atom. The monoisotopic (exact) mass is 392 g/mol. The molecule has 0 heterocycles. The third kappa shape index (κ3) is 6.00. The van der Waals surface area contributed by atoms with Crippen LogP contribution in [0.4, 0.5) is 13.2 Å². The number of guanidine groups is 1. The van der Waals surface area contributed by atoms with Gasteiger partial charge in [-0.3, -0.25) is 4.79 Å². The minimum absolute atomic E-state index is 0.0110. The Morgan fingerprint density at radius 2 is 1.61 bits per heavy atom. The van der Waals surface area contributed by atoms with Gasteiger partial charge in [-0.05, 0) is 23.3 Å². The first kappa shape index (κ1) is 21.3. The zero-order chi connectivity index (χ0) is 20.7. The molecule has 0 atom stereocenters. The molecule has 0 fully saturated rings. The van der Waals surface area contributed by atoms with Crippen LogP contribution in [0, 0.1) is 17.5 Å². The van der Waals surface area contributed by atoms with E-state index in [1.54, 1.807) is 26.0 Å². The molecule has 0 aliphatic heterocycles. The Morgan fingerprint density at radius 1 is 1.00 bits per heavy atom. The molecule has 2 aromatic carbocycles. The van der Waals surface area contributed by atoms with Gasteiger partial charge in [-0.25, -0.2) is 18.2 Å². The van der Waals surface area contributed by atoms with Crippen molar-refractivity contribution < 1.29 is 18.0 Å². The number of halogens is 3. The Hall–Kier alpha value is -3.03. The van der Waals surface area contributed by atoms with Gasteiger partial charge in [-0.15, -0.1) is 0 Å². The number of nitrogens with zero attached hydrogens (tertiary/aromatic N) is 3. The van der Waals surface area contributed by atoms with Crippen molar-refractivity contribution in [3.63, 3.8) is 0 Å². The minimum Gasteiger partial charge on any atom is -0.347 e. The molecule has 5 nitrogen and oxygen atoms in total. The molecule has 2 rings (SSSR count). The quantitative estimate of drug-likeness (QED) is 0.467. The van der Waals surface area contributed by atoms with Crippen LogP contribution in [0.2, 0.25) is 0 Å². The molecule has 1 amide bonds. The molecule has 0 unspecified atom stereocenters. The lowest BCUT2D eigenvalue weighted by molar-refractivity contribution is -0.127. The zero-order valence-electron chi connectivity index (χ0n) is 16.0. The van der Waals surface area contributed by atoms with Crippen molar-refractivity contribution in [1.82, 2.24) is 15.1 Å². The SMILES string of the molecule is CN(C)C(=O)CNC(=NCc1ccccc1)N(C)Cc1cc(F)c(F)c(F)c1. The molecule has 0 radical (unpaired) electrons. The zero-order valence-corrected chi connectivity index (χ0v) is 16.0. The number of hydrogen-bond acceptors (Lipinski definition) is 2. The number of rotatable bonds is 6. The van der Waals surface area contributed by atoms with E-state index in [9.17, 15) is 18.0 Å². The molecule has 0 aliphatic rings. The number of amides is 1. The predicted molar refractivity (Wildman–Crippen MR) is 102 cm³/mol. The van der Waals surface area contributed by atoms with Crippen LogP contribution in [0.1, 0.15) is 11.1 Å². The van der Waals surface area contributed by atoms with Crippen LogP contribution in [0.15, 0.2) is 47.5 Å². The van der Waals surface area contributed by atoms with Gasteiger partial charge in [0.1, 0.15) is 0 Å². The number of hydrogen-bond donors (Lipinski definition) is 1. The fraction of sp³-hybridized carbons (Fsp3) is 0.300. The van der Waals surface area contributed by atoms with Crippen LogP contribution in [0.3, 0.4) is 0 Å². The van der Waals surface area contributed by atoms with Gasteiger partial charge in [0.15, 0.2) is 23.4 Å². The number of carbonyl (C=O) groups excluding carboxylic acids is 1. The summed E-state index contributed by atoms with van der Waals surface area (Å²) in [5.41, 5.74) is 1.21. The second-order valence-electron chi connectivity index (χ2n) is 6.50. The van der Waals surface area contributed by atoms with Gasteiger partial charge < -0.3 is 15.1 Å². The molecule has 0 bridgehead atoms. The van der Waals surface area contributed by atoms with E-state index in [1.165, 1.54) is 4.90 Å². The molecule has 0 saturated carbocycles. The summed E-state index contributed by atoms with van der Waals surface area (Å²) >= 11 is 0. The molecule has 0 aliphatic carbocycles. The van der Waals surface area contributed by atoms with Crippen LogP contribution in [-0.4, -0.2) is 49.4 Å². The molecular weight excluding hydrogens is 369 g/mol. The summed E-state index contributed by atoms with van der Waals surface area (Å²) < 4.78 is 40.1. The highest BCUT2D eigenvalue weighted by Crippen LogP contribution is 2.15. The van der Waals surface area contributed by atoms with Crippen LogP contribution in [-0.2, 0) is 17.9 Å². The predicted octanol–water partition coefficient (Wildman–Crippen LogP) is 2.77. The average Bonchev–Trinajstić information content (AvgIpc) is 2.66. The summed E-state index contributed by atoms with van der Waals surface area (Å²) in [6.45, 7) is 0.442. The Balaban J connectivity index is 2.17. The number of benzene rings is 2. The van der Waals surface area contributed by atoms with Crippen molar-refractivity contribution in [3.05, 3.63) is 71.0 Å². The highest BCUT2D eigenvalue weighted by molar-refractivity contribution is 5.86. The van der Waals surface area contributed by atoms with E-state index in [-0.39, 0.29) is 24.6 Å². The van der Waals surface area contributed by atoms with E-state index >= 15 is 0 Å². The summed E-state index contributed by atoms with van der Waals surface area (Å²) in [7, 11) is 4.94. The minimum atomic E-state index is -1.50. The summed E-state index contributed by atoms with van der Waals surface area (Å²) in [5, 5.41) is 2.95.